The Kier molecular flexibility index (Phi) is 6.67. The summed E-state index contributed by atoms with van der Waals surface area (Å²) in [6, 6.07) is 12.0. The van der Waals surface area contributed by atoms with Gasteiger partial charge in [-0.15, -0.1) is 0 Å². The molecule has 1 aliphatic rings. The molecule has 0 fully saturated rings. The van der Waals surface area contributed by atoms with E-state index in [4.69, 9.17) is 9.15 Å². The molecule has 1 amide bonds. The summed E-state index contributed by atoms with van der Waals surface area (Å²) in [6.45, 7) is 4.69. The number of aliphatic hydroxyl groups is 1. The molecule has 1 N–H and O–H groups in total. The Morgan fingerprint density at radius 3 is 2.66 bits per heavy atom. The fraction of sp³-hybridized carbons (Fsp3) is 0.304. The van der Waals surface area contributed by atoms with Crippen LogP contribution in [0.5, 0.6) is 0 Å². The Labute approximate surface area is 170 Å². The van der Waals surface area contributed by atoms with Gasteiger partial charge in [-0.25, -0.2) is 0 Å². The average Bonchev–Trinajstić information content (AvgIpc) is 3.32. The Morgan fingerprint density at radius 2 is 2.00 bits per heavy atom. The van der Waals surface area contributed by atoms with Crippen LogP contribution in [-0.4, -0.2) is 41.0 Å². The van der Waals surface area contributed by atoms with Crippen LogP contribution < -0.4 is 0 Å². The van der Waals surface area contributed by atoms with Crippen molar-refractivity contribution in [2.45, 2.75) is 32.4 Å². The zero-order chi connectivity index (χ0) is 20.8. The minimum Gasteiger partial charge on any atom is -0.503 e. The summed E-state index contributed by atoms with van der Waals surface area (Å²) in [5.41, 5.74) is 0.879. The monoisotopic (exact) mass is 395 g/mol. The number of aliphatic hydroxyl groups excluding tert-OH is 1. The number of rotatable bonds is 9. The number of ether oxygens (including phenoxy) is 1. The topological polar surface area (TPSA) is 80.0 Å². The van der Waals surface area contributed by atoms with Crippen molar-refractivity contribution in [2.75, 3.05) is 13.2 Å². The van der Waals surface area contributed by atoms with E-state index in [1.54, 1.807) is 18.2 Å². The maximum absolute atomic E-state index is 12.9. The summed E-state index contributed by atoms with van der Waals surface area (Å²) in [5, 5.41) is 10.5. The first-order valence-electron chi connectivity index (χ1n) is 9.65. The maximum atomic E-state index is 12.9. The van der Waals surface area contributed by atoms with Gasteiger partial charge in [-0.1, -0.05) is 36.4 Å². The molecule has 1 aromatic heterocycles. The highest BCUT2D eigenvalue weighted by Crippen LogP contribution is 2.38. The first kappa shape index (κ1) is 20.6. The van der Waals surface area contributed by atoms with Crippen molar-refractivity contribution in [3.63, 3.8) is 0 Å². The van der Waals surface area contributed by atoms with Crippen LogP contribution in [0.4, 0.5) is 0 Å². The fourth-order valence-corrected chi connectivity index (χ4v) is 3.26. The van der Waals surface area contributed by atoms with E-state index in [9.17, 15) is 14.7 Å². The summed E-state index contributed by atoms with van der Waals surface area (Å²) in [4.78, 5) is 27.0. The van der Waals surface area contributed by atoms with Crippen molar-refractivity contribution in [2.24, 2.45) is 0 Å². The number of carbonyl (C=O) groups excluding carboxylic acids is 2. The molecule has 1 atom stereocenters. The number of benzene rings is 1. The van der Waals surface area contributed by atoms with Crippen molar-refractivity contribution < 1.29 is 23.8 Å². The predicted molar refractivity (Wildman–Crippen MR) is 109 cm³/mol. The minimum atomic E-state index is -0.760. The number of carbonyl (C=O) groups is 2. The second-order valence-electron chi connectivity index (χ2n) is 7.06. The summed E-state index contributed by atoms with van der Waals surface area (Å²) in [5.74, 6) is -1.10. The molecule has 2 aromatic rings. The molecule has 6 nitrogen and oxygen atoms in total. The van der Waals surface area contributed by atoms with E-state index in [2.05, 4.69) is 0 Å². The highest BCUT2D eigenvalue weighted by Gasteiger charge is 2.44. The van der Waals surface area contributed by atoms with Crippen LogP contribution in [0.3, 0.4) is 0 Å². The summed E-state index contributed by atoms with van der Waals surface area (Å²) in [7, 11) is 0. The smallest absolute Gasteiger partial charge is 0.290 e. The molecule has 0 saturated carbocycles. The van der Waals surface area contributed by atoms with Gasteiger partial charge in [0.1, 0.15) is 11.8 Å². The molecule has 3 rings (SSSR count). The van der Waals surface area contributed by atoms with E-state index in [1.807, 2.05) is 44.2 Å². The largest absolute Gasteiger partial charge is 0.503 e. The second-order valence-corrected chi connectivity index (χ2v) is 7.06. The van der Waals surface area contributed by atoms with Crippen molar-refractivity contribution in [1.82, 2.24) is 4.90 Å². The first-order chi connectivity index (χ1) is 14.0. The number of hydrogen-bond acceptors (Lipinski definition) is 5. The SMILES string of the molecule is CC(C)OCCCN1C(=O)C(O)=C(C(=O)/C=C/c2ccccc2)[C@H]1c1ccco1. The van der Waals surface area contributed by atoms with Gasteiger partial charge in [-0.2, -0.15) is 0 Å². The van der Waals surface area contributed by atoms with E-state index in [0.29, 0.717) is 25.3 Å². The summed E-state index contributed by atoms with van der Waals surface area (Å²) >= 11 is 0. The molecule has 0 aliphatic carbocycles. The number of amides is 1. The van der Waals surface area contributed by atoms with Crippen LogP contribution in [-0.2, 0) is 14.3 Å². The highest BCUT2D eigenvalue weighted by atomic mass is 16.5. The average molecular weight is 395 g/mol. The molecule has 152 valence electrons. The minimum absolute atomic E-state index is 0.0295. The van der Waals surface area contributed by atoms with E-state index in [0.717, 1.165) is 5.56 Å². The van der Waals surface area contributed by atoms with E-state index >= 15 is 0 Å². The van der Waals surface area contributed by atoms with Gasteiger partial charge < -0.3 is 19.2 Å². The van der Waals surface area contributed by atoms with Crippen LogP contribution in [0.2, 0.25) is 0 Å². The van der Waals surface area contributed by atoms with Gasteiger partial charge in [0.05, 0.1) is 17.9 Å². The molecule has 1 aliphatic heterocycles. The third-order valence-corrected chi connectivity index (χ3v) is 4.60. The zero-order valence-electron chi connectivity index (χ0n) is 16.6. The lowest BCUT2D eigenvalue weighted by atomic mass is 10.00. The van der Waals surface area contributed by atoms with E-state index in [-0.39, 0.29) is 11.7 Å². The van der Waals surface area contributed by atoms with Gasteiger partial charge in [0.2, 0.25) is 0 Å². The molecule has 0 spiro atoms. The lowest BCUT2D eigenvalue weighted by Crippen LogP contribution is -2.32. The number of furan rings is 1. The molecular formula is C23H25NO5. The molecule has 1 aromatic carbocycles. The molecule has 6 heteroatoms. The van der Waals surface area contributed by atoms with Gasteiger partial charge >= 0.3 is 0 Å². The third kappa shape index (κ3) is 4.84. The van der Waals surface area contributed by atoms with Gasteiger partial charge in [0, 0.05) is 13.2 Å². The quantitative estimate of drug-likeness (QED) is 0.511. The number of hydrogen-bond donors (Lipinski definition) is 1. The Morgan fingerprint density at radius 1 is 1.24 bits per heavy atom. The van der Waals surface area contributed by atoms with Crippen LogP contribution in [0, 0.1) is 0 Å². The second kappa shape index (κ2) is 9.39. The van der Waals surface area contributed by atoms with Gasteiger partial charge in [0.25, 0.3) is 5.91 Å². The standard InChI is InChI=1S/C23H25NO5/c1-16(2)28-15-7-13-24-21(19-10-6-14-29-19)20(22(26)23(24)27)18(25)12-11-17-8-4-3-5-9-17/h3-6,8-12,14,16,21,26H,7,13,15H2,1-2H3/b12-11+/t21-/m1/s1. The van der Waals surface area contributed by atoms with Crippen LogP contribution >= 0.6 is 0 Å². The van der Waals surface area contributed by atoms with Crippen molar-refractivity contribution in [3.8, 4) is 0 Å². The maximum Gasteiger partial charge on any atom is 0.290 e. The highest BCUT2D eigenvalue weighted by molar-refractivity contribution is 6.14. The van der Waals surface area contributed by atoms with Gasteiger partial charge in [0.15, 0.2) is 11.5 Å². The third-order valence-electron chi connectivity index (χ3n) is 4.60. The first-order valence-corrected chi connectivity index (χ1v) is 9.65. The van der Waals surface area contributed by atoms with E-state index in [1.165, 1.54) is 17.2 Å². The summed E-state index contributed by atoms with van der Waals surface area (Å²) in [6.07, 6.45) is 5.19. The molecule has 0 bridgehead atoms. The Hall–Kier alpha value is -3.12. The van der Waals surface area contributed by atoms with Crippen molar-refractivity contribution in [3.05, 3.63) is 77.5 Å². The fourth-order valence-electron chi connectivity index (χ4n) is 3.26. The van der Waals surface area contributed by atoms with Gasteiger partial charge in [-0.3, -0.25) is 9.59 Å². The number of ketones is 1. The van der Waals surface area contributed by atoms with Crippen molar-refractivity contribution in [1.29, 1.82) is 0 Å². The summed E-state index contributed by atoms with van der Waals surface area (Å²) < 4.78 is 11.0. The normalized spacial score (nSPS) is 17.1. The van der Waals surface area contributed by atoms with Crippen LogP contribution in [0.25, 0.3) is 6.08 Å². The number of allylic oxidation sites excluding steroid dienone is 1. The molecule has 0 unspecified atom stereocenters. The lowest BCUT2D eigenvalue weighted by molar-refractivity contribution is -0.129. The molecular weight excluding hydrogens is 370 g/mol. The Bertz CT molecular complexity index is 897. The molecule has 29 heavy (non-hydrogen) atoms. The predicted octanol–water partition coefficient (Wildman–Crippen LogP) is 4.07. The van der Waals surface area contributed by atoms with Gasteiger partial charge in [-0.05, 0) is 44.0 Å². The number of nitrogens with zero attached hydrogens (tertiary/aromatic N) is 1. The van der Waals surface area contributed by atoms with Crippen molar-refractivity contribution >= 4 is 17.8 Å². The van der Waals surface area contributed by atoms with E-state index < -0.39 is 23.5 Å². The molecule has 2 heterocycles. The Balaban J connectivity index is 1.83. The molecule has 0 radical (unpaired) electrons. The van der Waals surface area contributed by atoms with Crippen LogP contribution in [0.1, 0.15) is 37.6 Å². The lowest BCUT2D eigenvalue weighted by Gasteiger charge is -2.24. The molecule has 0 saturated heterocycles. The van der Waals surface area contributed by atoms with Crippen LogP contribution in [0.15, 0.2) is 70.6 Å². The zero-order valence-corrected chi connectivity index (χ0v) is 16.6.